The van der Waals surface area contributed by atoms with E-state index in [0.29, 0.717) is 6.04 Å². The lowest BCUT2D eigenvalue weighted by molar-refractivity contribution is 0.213. The van der Waals surface area contributed by atoms with Crippen molar-refractivity contribution in [3.8, 4) is 0 Å². The van der Waals surface area contributed by atoms with Crippen molar-refractivity contribution in [2.24, 2.45) is 5.92 Å². The Labute approximate surface area is 122 Å². The fraction of sp³-hybridized carbons (Fsp3) is 0.625. The first kappa shape index (κ1) is 14.9. The third-order valence-electron chi connectivity index (χ3n) is 4.17. The minimum atomic E-state index is 0.454. The molecule has 2 rings (SSSR count). The molecule has 0 aromatic heterocycles. The van der Waals surface area contributed by atoms with Crippen LogP contribution in [0.2, 0.25) is 0 Å². The van der Waals surface area contributed by atoms with Gasteiger partial charge in [-0.1, -0.05) is 12.1 Å². The van der Waals surface area contributed by atoms with Crippen LogP contribution in [0.1, 0.15) is 31.4 Å². The quantitative estimate of drug-likeness (QED) is 0.831. The molecule has 0 radical (unpaired) electrons. The fourth-order valence-corrected chi connectivity index (χ4v) is 3.03. The predicted molar refractivity (Wildman–Crippen MR) is 84.9 cm³/mol. The van der Waals surface area contributed by atoms with Gasteiger partial charge in [-0.15, -0.1) is 11.8 Å². The molecule has 1 N–H and O–H groups in total. The molecule has 2 nitrogen and oxygen atoms in total. The van der Waals surface area contributed by atoms with Crippen molar-refractivity contribution in [3.05, 3.63) is 29.8 Å². The van der Waals surface area contributed by atoms with Crippen LogP contribution in [-0.2, 0) is 0 Å². The minimum absolute atomic E-state index is 0.454. The molecule has 1 unspecified atom stereocenters. The van der Waals surface area contributed by atoms with Crippen molar-refractivity contribution in [2.45, 2.75) is 30.7 Å². The highest BCUT2D eigenvalue weighted by molar-refractivity contribution is 7.98. The summed E-state index contributed by atoms with van der Waals surface area (Å²) in [5.74, 6) is 0.851. The van der Waals surface area contributed by atoms with Gasteiger partial charge in [0, 0.05) is 10.9 Å². The Kier molecular flexibility index (Phi) is 5.74. The standard InChI is InChI=1S/C16H26N2S/c1-13(15-4-6-16(19-3)7-5-15)17-12-14-8-10-18(2)11-9-14/h4-7,13-14,17H,8-12H2,1-3H3. The van der Waals surface area contributed by atoms with Gasteiger partial charge in [0.25, 0.3) is 0 Å². The number of benzene rings is 1. The molecular weight excluding hydrogens is 252 g/mol. The van der Waals surface area contributed by atoms with Crippen molar-refractivity contribution in [3.63, 3.8) is 0 Å². The average Bonchev–Trinajstić information content (AvgIpc) is 2.46. The molecule has 1 heterocycles. The summed E-state index contributed by atoms with van der Waals surface area (Å²) in [6, 6.07) is 9.38. The zero-order valence-electron chi connectivity index (χ0n) is 12.4. The maximum Gasteiger partial charge on any atom is 0.0291 e. The Hall–Kier alpha value is -0.510. The lowest BCUT2D eigenvalue weighted by atomic mass is 9.96. The first-order valence-electron chi connectivity index (χ1n) is 7.25. The van der Waals surface area contributed by atoms with Crippen LogP contribution in [0.15, 0.2) is 29.2 Å². The van der Waals surface area contributed by atoms with Crippen molar-refractivity contribution >= 4 is 11.8 Å². The molecule has 3 heteroatoms. The maximum absolute atomic E-state index is 3.70. The van der Waals surface area contributed by atoms with E-state index in [9.17, 15) is 0 Å². The molecule has 1 saturated heterocycles. The van der Waals surface area contributed by atoms with E-state index < -0.39 is 0 Å². The summed E-state index contributed by atoms with van der Waals surface area (Å²) in [4.78, 5) is 3.77. The van der Waals surface area contributed by atoms with Crippen LogP contribution >= 0.6 is 11.8 Å². The van der Waals surface area contributed by atoms with Gasteiger partial charge in [-0.2, -0.15) is 0 Å². The van der Waals surface area contributed by atoms with E-state index in [2.05, 4.69) is 54.7 Å². The predicted octanol–water partition coefficient (Wildman–Crippen LogP) is 3.40. The van der Waals surface area contributed by atoms with Gasteiger partial charge in [0.2, 0.25) is 0 Å². The number of likely N-dealkylation sites (tertiary alicyclic amines) is 1. The van der Waals surface area contributed by atoms with E-state index in [1.807, 2.05) is 0 Å². The largest absolute Gasteiger partial charge is 0.310 e. The van der Waals surface area contributed by atoms with E-state index >= 15 is 0 Å². The molecule has 0 saturated carbocycles. The SMILES string of the molecule is CSc1ccc(C(C)NCC2CCN(C)CC2)cc1. The fourth-order valence-electron chi connectivity index (χ4n) is 2.62. The maximum atomic E-state index is 3.70. The summed E-state index contributed by atoms with van der Waals surface area (Å²) in [6.45, 7) is 5.93. The lowest BCUT2D eigenvalue weighted by Gasteiger charge is -2.30. The molecule has 0 aliphatic carbocycles. The molecule has 1 fully saturated rings. The van der Waals surface area contributed by atoms with Crippen molar-refractivity contribution in [1.29, 1.82) is 0 Å². The average molecular weight is 278 g/mol. The van der Waals surface area contributed by atoms with Gasteiger partial charge in [0.15, 0.2) is 0 Å². The number of hydrogen-bond donors (Lipinski definition) is 1. The second-order valence-electron chi connectivity index (χ2n) is 5.65. The zero-order valence-corrected chi connectivity index (χ0v) is 13.2. The lowest BCUT2D eigenvalue weighted by Crippen LogP contribution is -2.35. The number of piperidine rings is 1. The number of nitrogens with one attached hydrogen (secondary N) is 1. The highest BCUT2D eigenvalue weighted by Crippen LogP contribution is 2.20. The van der Waals surface area contributed by atoms with E-state index in [-0.39, 0.29) is 0 Å². The van der Waals surface area contributed by atoms with Gasteiger partial charge in [-0.3, -0.25) is 0 Å². The number of nitrogens with zero attached hydrogens (tertiary/aromatic N) is 1. The summed E-state index contributed by atoms with van der Waals surface area (Å²) < 4.78 is 0. The normalized spacial score (nSPS) is 19.5. The molecule has 1 aromatic rings. The topological polar surface area (TPSA) is 15.3 Å². The molecular formula is C16H26N2S. The van der Waals surface area contributed by atoms with Gasteiger partial charge in [-0.25, -0.2) is 0 Å². The number of thioether (sulfide) groups is 1. The van der Waals surface area contributed by atoms with Gasteiger partial charge in [-0.05, 0) is 76.3 Å². The molecule has 1 aromatic carbocycles. The first-order chi connectivity index (χ1) is 9.19. The van der Waals surface area contributed by atoms with E-state index in [1.165, 1.54) is 36.4 Å². The molecule has 0 bridgehead atoms. The monoisotopic (exact) mass is 278 g/mol. The van der Waals surface area contributed by atoms with Crippen LogP contribution in [0.25, 0.3) is 0 Å². The smallest absolute Gasteiger partial charge is 0.0291 e. The first-order valence-corrected chi connectivity index (χ1v) is 8.47. The van der Waals surface area contributed by atoms with Gasteiger partial charge in [0.1, 0.15) is 0 Å². The van der Waals surface area contributed by atoms with Crippen molar-refractivity contribution in [1.82, 2.24) is 10.2 Å². The Morgan fingerprint density at radius 1 is 1.26 bits per heavy atom. The van der Waals surface area contributed by atoms with Gasteiger partial charge >= 0.3 is 0 Å². The summed E-state index contributed by atoms with van der Waals surface area (Å²) in [7, 11) is 2.22. The Morgan fingerprint density at radius 2 is 1.89 bits per heavy atom. The van der Waals surface area contributed by atoms with E-state index in [0.717, 1.165) is 12.5 Å². The molecule has 1 aliphatic heterocycles. The highest BCUT2D eigenvalue weighted by Gasteiger charge is 2.17. The van der Waals surface area contributed by atoms with Crippen molar-refractivity contribution < 1.29 is 0 Å². The second kappa shape index (κ2) is 7.32. The summed E-state index contributed by atoms with van der Waals surface area (Å²) >= 11 is 1.80. The number of rotatable bonds is 5. The third-order valence-corrected chi connectivity index (χ3v) is 4.91. The molecule has 0 amide bonds. The zero-order chi connectivity index (χ0) is 13.7. The minimum Gasteiger partial charge on any atom is -0.310 e. The van der Waals surface area contributed by atoms with Crippen LogP contribution in [0.3, 0.4) is 0 Å². The van der Waals surface area contributed by atoms with Crippen LogP contribution in [0, 0.1) is 5.92 Å². The second-order valence-corrected chi connectivity index (χ2v) is 6.53. The molecule has 19 heavy (non-hydrogen) atoms. The van der Waals surface area contributed by atoms with Gasteiger partial charge in [0.05, 0.1) is 0 Å². The molecule has 106 valence electrons. The highest BCUT2D eigenvalue weighted by atomic mass is 32.2. The molecule has 1 atom stereocenters. The Balaban J connectivity index is 1.78. The van der Waals surface area contributed by atoms with E-state index in [1.54, 1.807) is 11.8 Å². The van der Waals surface area contributed by atoms with Crippen LogP contribution < -0.4 is 5.32 Å². The van der Waals surface area contributed by atoms with Crippen LogP contribution in [-0.4, -0.2) is 37.8 Å². The summed E-state index contributed by atoms with van der Waals surface area (Å²) in [5, 5.41) is 3.70. The third kappa shape index (κ3) is 4.51. The van der Waals surface area contributed by atoms with Gasteiger partial charge < -0.3 is 10.2 Å². The number of hydrogen-bond acceptors (Lipinski definition) is 3. The van der Waals surface area contributed by atoms with Crippen molar-refractivity contribution in [2.75, 3.05) is 32.9 Å². The van der Waals surface area contributed by atoms with E-state index in [4.69, 9.17) is 0 Å². The molecule has 0 spiro atoms. The summed E-state index contributed by atoms with van der Waals surface area (Å²) in [5.41, 5.74) is 1.39. The summed E-state index contributed by atoms with van der Waals surface area (Å²) in [6.07, 6.45) is 4.79. The Morgan fingerprint density at radius 3 is 2.47 bits per heavy atom. The van der Waals surface area contributed by atoms with Crippen LogP contribution in [0.5, 0.6) is 0 Å². The van der Waals surface area contributed by atoms with Crippen LogP contribution in [0.4, 0.5) is 0 Å². The Bertz CT molecular complexity index is 369. The molecule has 1 aliphatic rings.